The topological polar surface area (TPSA) is 46.2 Å². The Kier molecular flexibility index (Phi) is 4.97. The molecule has 5 nitrogen and oxygen atoms in total. The van der Waals surface area contributed by atoms with Crippen LogP contribution in [0.2, 0.25) is 0 Å². The van der Waals surface area contributed by atoms with Crippen LogP contribution in [0.1, 0.15) is 33.3 Å². The SMILES string of the molecule is COc1cc(C=CB2OC(C)(C)C(C)(C)O2)cc(OC)c1OC. The first kappa shape index (κ1) is 17.7. The molecule has 0 bridgehead atoms. The van der Waals surface area contributed by atoms with Crippen molar-refractivity contribution in [3.8, 4) is 17.2 Å². The van der Waals surface area contributed by atoms with Crippen molar-refractivity contribution in [3.05, 3.63) is 23.7 Å². The maximum Gasteiger partial charge on any atom is 0.487 e. The summed E-state index contributed by atoms with van der Waals surface area (Å²) in [4.78, 5) is 0. The van der Waals surface area contributed by atoms with Crippen molar-refractivity contribution < 1.29 is 23.5 Å². The molecule has 1 heterocycles. The molecule has 6 heteroatoms. The van der Waals surface area contributed by atoms with Crippen LogP contribution in [0.25, 0.3) is 6.08 Å². The fourth-order valence-electron chi connectivity index (χ4n) is 2.35. The maximum absolute atomic E-state index is 5.95. The number of methoxy groups -OCH3 is 3. The van der Waals surface area contributed by atoms with Gasteiger partial charge in [0.05, 0.1) is 32.5 Å². The van der Waals surface area contributed by atoms with Crippen molar-refractivity contribution >= 4 is 13.2 Å². The van der Waals surface area contributed by atoms with Crippen LogP contribution >= 0.6 is 0 Å². The van der Waals surface area contributed by atoms with Crippen molar-refractivity contribution in [2.75, 3.05) is 21.3 Å². The fourth-order valence-corrected chi connectivity index (χ4v) is 2.35. The Labute approximate surface area is 138 Å². The predicted molar refractivity (Wildman–Crippen MR) is 91.2 cm³/mol. The third kappa shape index (κ3) is 3.48. The summed E-state index contributed by atoms with van der Waals surface area (Å²) in [5.74, 6) is 3.68. The molecule has 0 aliphatic carbocycles. The van der Waals surface area contributed by atoms with Gasteiger partial charge in [-0.2, -0.15) is 0 Å². The van der Waals surface area contributed by atoms with Crippen LogP contribution in [0.3, 0.4) is 0 Å². The molecule has 1 aromatic rings. The van der Waals surface area contributed by atoms with Crippen molar-refractivity contribution in [2.45, 2.75) is 38.9 Å². The van der Waals surface area contributed by atoms with Gasteiger partial charge in [0, 0.05) is 0 Å². The monoisotopic (exact) mass is 320 g/mol. The standard InChI is InChI=1S/C17H25BO5/c1-16(2)17(3,4)23-18(22-16)9-8-12-10-13(19-5)15(21-7)14(11-12)20-6/h8-11H,1-7H3. The zero-order valence-electron chi connectivity index (χ0n) is 14.9. The number of ether oxygens (including phenoxy) is 3. The molecule has 1 aliphatic rings. The molecule has 1 aromatic carbocycles. The second-order valence-corrected chi connectivity index (χ2v) is 6.44. The molecule has 1 aliphatic heterocycles. The van der Waals surface area contributed by atoms with Crippen LogP contribution in [-0.4, -0.2) is 39.6 Å². The summed E-state index contributed by atoms with van der Waals surface area (Å²) >= 11 is 0. The van der Waals surface area contributed by atoms with Gasteiger partial charge in [0.15, 0.2) is 11.5 Å². The van der Waals surface area contributed by atoms with Gasteiger partial charge in [-0.1, -0.05) is 12.1 Å². The molecule has 0 N–H and O–H groups in total. The first-order valence-electron chi connectivity index (χ1n) is 7.58. The lowest BCUT2D eigenvalue weighted by Crippen LogP contribution is -2.41. The van der Waals surface area contributed by atoms with Crippen molar-refractivity contribution in [2.24, 2.45) is 0 Å². The minimum atomic E-state index is -0.390. The van der Waals surface area contributed by atoms with E-state index in [4.69, 9.17) is 23.5 Å². The first-order valence-corrected chi connectivity index (χ1v) is 7.58. The summed E-state index contributed by atoms with van der Waals surface area (Å²) in [7, 11) is 4.39. The number of rotatable bonds is 5. The number of benzene rings is 1. The van der Waals surface area contributed by atoms with Crippen molar-refractivity contribution in [1.29, 1.82) is 0 Å². The summed E-state index contributed by atoms with van der Waals surface area (Å²) in [6, 6.07) is 3.76. The van der Waals surface area contributed by atoms with Gasteiger partial charge in [0.25, 0.3) is 0 Å². The third-order valence-electron chi connectivity index (χ3n) is 4.40. The van der Waals surface area contributed by atoms with Gasteiger partial charge in [-0.15, -0.1) is 0 Å². The molecular weight excluding hydrogens is 295 g/mol. The highest BCUT2D eigenvalue weighted by atomic mass is 16.7. The summed E-state index contributed by atoms with van der Waals surface area (Å²) in [5.41, 5.74) is 0.211. The van der Waals surface area contributed by atoms with E-state index in [1.54, 1.807) is 21.3 Å². The largest absolute Gasteiger partial charge is 0.493 e. The molecule has 1 saturated heterocycles. The van der Waals surface area contributed by atoms with E-state index in [0.717, 1.165) is 5.56 Å². The zero-order valence-corrected chi connectivity index (χ0v) is 14.9. The lowest BCUT2D eigenvalue weighted by molar-refractivity contribution is 0.00578. The lowest BCUT2D eigenvalue weighted by atomic mass is 9.89. The van der Waals surface area contributed by atoms with E-state index in [1.165, 1.54) is 0 Å². The number of hydrogen-bond acceptors (Lipinski definition) is 5. The van der Waals surface area contributed by atoms with E-state index in [-0.39, 0.29) is 18.3 Å². The highest BCUT2D eigenvalue weighted by Gasteiger charge is 2.49. The Bertz CT molecular complexity index is 554. The number of hydrogen-bond donors (Lipinski definition) is 0. The average molecular weight is 320 g/mol. The van der Waals surface area contributed by atoms with Crippen LogP contribution in [0.15, 0.2) is 18.1 Å². The molecule has 23 heavy (non-hydrogen) atoms. The van der Waals surface area contributed by atoms with Crippen LogP contribution < -0.4 is 14.2 Å². The molecule has 0 saturated carbocycles. The molecule has 0 atom stereocenters. The van der Waals surface area contributed by atoms with Crippen molar-refractivity contribution in [3.63, 3.8) is 0 Å². The van der Waals surface area contributed by atoms with E-state index in [1.807, 2.05) is 51.9 Å². The van der Waals surface area contributed by atoms with Crippen LogP contribution in [0, 0.1) is 0 Å². The molecule has 0 radical (unpaired) electrons. The fraction of sp³-hybridized carbons (Fsp3) is 0.529. The zero-order chi connectivity index (χ0) is 17.3. The molecule has 126 valence electrons. The smallest absolute Gasteiger partial charge is 0.487 e. The van der Waals surface area contributed by atoms with Gasteiger partial charge >= 0.3 is 7.12 Å². The summed E-state index contributed by atoms with van der Waals surface area (Å²) in [6.45, 7) is 8.11. The molecule has 0 spiro atoms. The highest BCUT2D eigenvalue weighted by molar-refractivity contribution is 6.52. The molecular formula is C17H25BO5. The molecule has 2 rings (SSSR count). The predicted octanol–water partition coefficient (Wildman–Crippen LogP) is 3.36. The summed E-state index contributed by atoms with van der Waals surface area (Å²) in [6.07, 6.45) is 1.92. The highest BCUT2D eigenvalue weighted by Crippen LogP contribution is 2.39. The Morgan fingerprint density at radius 2 is 1.35 bits per heavy atom. The van der Waals surface area contributed by atoms with E-state index in [2.05, 4.69) is 0 Å². The molecule has 0 unspecified atom stereocenters. The van der Waals surface area contributed by atoms with Crippen LogP contribution in [0.4, 0.5) is 0 Å². The van der Waals surface area contributed by atoms with Crippen molar-refractivity contribution in [1.82, 2.24) is 0 Å². The average Bonchev–Trinajstić information content (AvgIpc) is 2.71. The Hall–Kier alpha value is -1.66. The van der Waals surface area contributed by atoms with Crippen LogP contribution in [-0.2, 0) is 9.31 Å². The molecule has 0 amide bonds. The van der Waals surface area contributed by atoms with Gasteiger partial charge in [0.1, 0.15) is 0 Å². The lowest BCUT2D eigenvalue weighted by Gasteiger charge is -2.32. The van der Waals surface area contributed by atoms with Gasteiger partial charge in [0.2, 0.25) is 5.75 Å². The van der Waals surface area contributed by atoms with Gasteiger partial charge < -0.3 is 23.5 Å². The maximum atomic E-state index is 5.95. The Morgan fingerprint density at radius 1 is 0.870 bits per heavy atom. The van der Waals surface area contributed by atoms with Gasteiger partial charge in [-0.05, 0) is 45.4 Å². The van der Waals surface area contributed by atoms with E-state index in [9.17, 15) is 0 Å². The summed E-state index contributed by atoms with van der Waals surface area (Å²) in [5, 5.41) is 0. The molecule has 0 aromatic heterocycles. The Balaban J connectivity index is 2.24. The minimum absolute atomic E-state index is 0.350. The normalized spacial score (nSPS) is 19.2. The second kappa shape index (κ2) is 6.45. The van der Waals surface area contributed by atoms with Crippen LogP contribution in [0.5, 0.6) is 17.2 Å². The second-order valence-electron chi connectivity index (χ2n) is 6.44. The Morgan fingerprint density at radius 3 is 1.74 bits per heavy atom. The third-order valence-corrected chi connectivity index (χ3v) is 4.40. The first-order chi connectivity index (χ1) is 10.7. The minimum Gasteiger partial charge on any atom is -0.493 e. The van der Waals surface area contributed by atoms with Gasteiger partial charge in [-0.25, -0.2) is 0 Å². The van der Waals surface area contributed by atoms with E-state index < -0.39 is 0 Å². The molecule has 1 fully saturated rings. The van der Waals surface area contributed by atoms with Gasteiger partial charge in [-0.3, -0.25) is 0 Å². The quantitative estimate of drug-likeness (QED) is 0.779. The van der Waals surface area contributed by atoms with E-state index >= 15 is 0 Å². The van der Waals surface area contributed by atoms with E-state index in [0.29, 0.717) is 17.2 Å². The summed E-state index contributed by atoms with van der Waals surface area (Å²) < 4.78 is 27.9.